The van der Waals surface area contributed by atoms with Crippen LogP contribution >= 0.6 is 0 Å². The topological polar surface area (TPSA) is 57.5 Å². The highest BCUT2D eigenvalue weighted by atomic mass is 16.3. The van der Waals surface area contributed by atoms with Gasteiger partial charge in [-0.05, 0) is 12.5 Å². The van der Waals surface area contributed by atoms with Gasteiger partial charge >= 0.3 is 0 Å². The monoisotopic (exact) mass is 228 g/mol. The maximum atomic E-state index is 12.1. The summed E-state index contributed by atoms with van der Waals surface area (Å²) in [6.45, 7) is 0. The minimum atomic E-state index is -0.248. The van der Waals surface area contributed by atoms with E-state index in [1.807, 2.05) is 6.07 Å². The van der Waals surface area contributed by atoms with E-state index in [2.05, 4.69) is 0 Å². The van der Waals surface area contributed by atoms with Crippen molar-refractivity contribution in [3.8, 4) is 0 Å². The summed E-state index contributed by atoms with van der Waals surface area (Å²) in [5.74, 6) is -0.484. The Balaban J connectivity index is 2.33. The van der Waals surface area contributed by atoms with Crippen LogP contribution in [0.25, 0.3) is 0 Å². The first kappa shape index (κ1) is 11.2. The van der Waals surface area contributed by atoms with Crippen LogP contribution in [-0.4, -0.2) is 16.0 Å². The minimum absolute atomic E-state index is 0.0328. The molecule has 0 heterocycles. The van der Waals surface area contributed by atoms with E-state index in [9.17, 15) is 15.0 Å². The molecule has 0 aliphatic heterocycles. The summed E-state index contributed by atoms with van der Waals surface area (Å²) in [4.78, 5) is 12.1. The third kappa shape index (κ3) is 2.45. The molecule has 3 heteroatoms. The van der Waals surface area contributed by atoms with Crippen molar-refractivity contribution in [2.75, 3.05) is 0 Å². The number of aliphatic hydroxyl groups is 2. The molecule has 0 bridgehead atoms. The maximum Gasteiger partial charge on any atom is 0.196 e. The number of hydrogen-bond acceptors (Lipinski definition) is 3. The Hall–Kier alpha value is -2.29. The molecular weight excluding hydrogens is 216 g/mol. The van der Waals surface area contributed by atoms with Crippen molar-refractivity contribution in [2.24, 2.45) is 0 Å². The van der Waals surface area contributed by atoms with Crippen molar-refractivity contribution in [1.29, 1.82) is 0 Å². The average Bonchev–Trinajstić information content (AvgIpc) is 2.50. The molecule has 2 rings (SSSR count). The van der Waals surface area contributed by atoms with Gasteiger partial charge in [-0.15, -0.1) is 0 Å². The van der Waals surface area contributed by atoms with E-state index in [4.69, 9.17) is 0 Å². The van der Waals surface area contributed by atoms with Gasteiger partial charge in [0.15, 0.2) is 5.78 Å². The Bertz CT molecular complexity index is 522. The van der Waals surface area contributed by atoms with Crippen LogP contribution in [0, 0.1) is 0 Å². The van der Waals surface area contributed by atoms with Crippen LogP contribution in [0.1, 0.15) is 16.8 Å². The van der Waals surface area contributed by atoms with E-state index in [0.717, 1.165) is 0 Å². The molecule has 17 heavy (non-hydrogen) atoms. The molecular formula is C14H12O3. The molecule has 0 saturated carbocycles. The number of rotatable bonds is 2. The Morgan fingerprint density at radius 3 is 2.47 bits per heavy atom. The fraction of sp³-hybridized carbons (Fsp3) is 0.0714. The predicted octanol–water partition coefficient (Wildman–Crippen LogP) is 3.08. The number of allylic oxidation sites excluding steroid dienone is 4. The molecule has 1 aliphatic rings. The van der Waals surface area contributed by atoms with Gasteiger partial charge in [-0.2, -0.15) is 0 Å². The van der Waals surface area contributed by atoms with E-state index < -0.39 is 0 Å². The second-order valence-electron chi connectivity index (χ2n) is 3.71. The van der Waals surface area contributed by atoms with Crippen LogP contribution in [0.4, 0.5) is 0 Å². The fourth-order valence-corrected chi connectivity index (χ4v) is 1.63. The standard InChI is InChI=1S/C14H12O3/c15-11-7-4-8-12(13(16)9-11)14(17)10-5-2-1-3-6-10/h1-3,5-9,15-16H,4H2. The Morgan fingerprint density at radius 2 is 1.76 bits per heavy atom. The summed E-state index contributed by atoms with van der Waals surface area (Å²) >= 11 is 0. The second kappa shape index (κ2) is 4.70. The highest BCUT2D eigenvalue weighted by Gasteiger charge is 2.17. The first-order valence-corrected chi connectivity index (χ1v) is 5.28. The molecule has 0 spiro atoms. The maximum absolute atomic E-state index is 12.1. The van der Waals surface area contributed by atoms with Crippen molar-refractivity contribution in [1.82, 2.24) is 0 Å². The van der Waals surface area contributed by atoms with Crippen molar-refractivity contribution >= 4 is 5.78 Å². The molecule has 1 aliphatic carbocycles. The summed E-state index contributed by atoms with van der Waals surface area (Å²) in [6, 6.07) is 8.73. The molecule has 1 aromatic carbocycles. The molecule has 0 amide bonds. The number of carbonyl (C=O) groups excluding carboxylic acids is 1. The lowest BCUT2D eigenvalue weighted by Crippen LogP contribution is -2.05. The quantitative estimate of drug-likeness (QED) is 0.765. The SMILES string of the molecule is O=C(C1=CCC=C(O)C=C1O)c1ccccc1. The molecule has 0 saturated heterocycles. The Morgan fingerprint density at radius 1 is 1.06 bits per heavy atom. The molecule has 1 aromatic rings. The van der Waals surface area contributed by atoms with Crippen LogP contribution in [0.3, 0.4) is 0 Å². The van der Waals surface area contributed by atoms with Crippen LogP contribution in [0.5, 0.6) is 0 Å². The molecule has 2 N–H and O–H groups in total. The van der Waals surface area contributed by atoms with Crippen molar-refractivity contribution in [3.63, 3.8) is 0 Å². The normalized spacial score (nSPS) is 15.4. The van der Waals surface area contributed by atoms with Crippen LogP contribution in [-0.2, 0) is 0 Å². The lowest BCUT2D eigenvalue weighted by Gasteiger charge is -2.04. The van der Waals surface area contributed by atoms with Gasteiger partial charge in [-0.1, -0.05) is 36.4 Å². The predicted molar refractivity (Wildman–Crippen MR) is 64.9 cm³/mol. The van der Waals surface area contributed by atoms with E-state index in [0.29, 0.717) is 12.0 Å². The van der Waals surface area contributed by atoms with E-state index in [1.165, 1.54) is 12.2 Å². The third-order valence-corrected chi connectivity index (χ3v) is 2.49. The van der Waals surface area contributed by atoms with Gasteiger partial charge in [-0.25, -0.2) is 0 Å². The summed E-state index contributed by atoms with van der Waals surface area (Å²) < 4.78 is 0. The van der Waals surface area contributed by atoms with Gasteiger partial charge in [0, 0.05) is 11.6 Å². The van der Waals surface area contributed by atoms with Gasteiger partial charge < -0.3 is 10.2 Å². The highest BCUT2D eigenvalue weighted by Crippen LogP contribution is 2.19. The summed E-state index contributed by atoms with van der Waals surface area (Å²) in [6.07, 6.45) is 4.73. The zero-order chi connectivity index (χ0) is 12.3. The number of benzene rings is 1. The molecule has 0 atom stereocenters. The molecule has 0 aromatic heterocycles. The minimum Gasteiger partial charge on any atom is -0.508 e. The van der Waals surface area contributed by atoms with E-state index >= 15 is 0 Å². The van der Waals surface area contributed by atoms with Crippen molar-refractivity contribution in [2.45, 2.75) is 6.42 Å². The van der Waals surface area contributed by atoms with Crippen LogP contribution in [0.15, 0.2) is 65.7 Å². The lowest BCUT2D eigenvalue weighted by molar-refractivity contribution is 0.103. The number of Topliss-reactive ketones (excluding diaryl/α,β-unsaturated/α-hetero) is 1. The van der Waals surface area contributed by atoms with Crippen molar-refractivity contribution in [3.05, 3.63) is 71.2 Å². The molecule has 3 nitrogen and oxygen atoms in total. The number of ketones is 1. The van der Waals surface area contributed by atoms with Gasteiger partial charge in [0.2, 0.25) is 0 Å². The van der Waals surface area contributed by atoms with Crippen molar-refractivity contribution < 1.29 is 15.0 Å². The van der Waals surface area contributed by atoms with E-state index in [-0.39, 0.29) is 22.9 Å². The first-order valence-electron chi connectivity index (χ1n) is 5.28. The average molecular weight is 228 g/mol. The zero-order valence-corrected chi connectivity index (χ0v) is 9.13. The zero-order valence-electron chi connectivity index (χ0n) is 9.13. The second-order valence-corrected chi connectivity index (χ2v) is 3.71. The smallest absolute Gasteiger partial charge is 0.196 e. The fourth-order valence-electron chi connectivity index (χ4n) is 1.63. The summed E-state index contributed by atoms with van der Waals surface area (Å²) in [5, 5.41) is 19.0. The third-order valence-electron chi connectivity index (χ3n) is 2.49. The first-order chi connectivity index (χ1) is 8.18. The number of hydrogen-bond donors (Lipinski definition) is 2. The number of carbonyl (C=O) groups is 1. The molecule has 0 fully saturated rings. The van der Waals surface area contributed by atoms with Crippen LogP contribution in [0.2, 0.25) is 0 Å². The van der Waals surface area contributed by atoms with E-state index in [1.54, 1.807) is 30.3 Å². The lowest BCUT2D eigenvalue weighted by atomic mass is 10.0. The molecule has 0 radical (unpaired) electrons. The van der Waals surface area contributed by atoms with Gasteiger partial charge in [0.1, 0.15) is 11.5 Å². The van der Waals surface area contributed by atoms with Gasteiger partial charge in [-0.3, -0.25) is 4.79 Å². The summed E-state index contributed by atoms with van der Waals surface area (Å²) in [7, 11) is 0. The Kier molecular flexibility index (Phi) is 3.10. The van der Waals surface area contributed by atoms with Crippen LogP contribution < -0.4 is 0 Å². The Labute approximate surface area is 99.0 Å². The molecule has 86 valence electrons. The highest BCUT2D eigenvalue weighted by molar-refractivity contribution is 6.11. The largest absolute Gasteiger partial charge is 0.508 e. The van der Waals surface area contributed by atoms with Gasteiger partial charge in [0.25, 0.3) is 0 Å². The number of aliphatic hydroxyl groups excluding tert-OH is 2. The summed E-state index contributed by atoms with van der Waals surface area (Å²) in [5.41, 5.74) is 0.733. The molecule has 0 unspecified atom stereocenters. The van der Waals surface area contributed by atoms with Gasteiger partial charge in [0.05, 0.1) is 5.57 Å².